The number of hydrogen-bond donors (Lipinski definition) is 0. The summed E-state index contributed by atoms with van der Waals surface area (Å²) in [7, 11) is 0. The van der Waals surface area contributed by atoms with E-state index in [1.807, 2.05) is 78.9 Å². The Balaban J connectivity index is 1.15. The molecule has 0 spiro atoms. The van der Waals surface area contributed by atoms with Gasteiger partial charge in [0.05, 0.1) is 39.4 Å². The molecule has 0 atom stereocenters. The minimum absolute atomic E-state index is 0.569. The molecule has 0 bridgehead atoms. The van der Waals surface area contributed by atoms with Crippen LogP contribution < -0.4 is 0 Å². The molecule has 0 N–H and O–H groups in total. The first kappa shape index (κ1) is 36.9. The van der Waals surface area contributed by atoms with Crippen molar-refractivity contribution >= 4 is 43.6 Å². The zero-order valence-corrected chi connectivity index (χ0v) is 34.5. The predicted octanol–water partition coefficient (Wildman–Crippen LogP) is 14.3. The standard InChI is InChI=1S/C58H36N6/c59-37-38-16-14-21-41(34-38)42-30-32-52-48(35-42)46-24-10-12-27-50(46)64(52)53-33-31-43(45-26-15-29-54-55(45)47-25-11-13-28-51(47)63(54)44-22-8-3-9-23-44)36-49(53)58-61-56(39-17-4-1-5-18-39)60-57(62-58)40-19-6-2-7-20-40/h1-36H. The Morgan fingerprint density at radius 2 is 0.891 bits per heavy atom. The van der Waals surface area contributed by atoms with Gasteiger partial charge in [0.25, 0.3) is 0 Å². The molecule has 12 aromatic rings. The van der Waals surface area contributed by atoms with Crippen LogP contribution in [0.1, 0.15) is 5.56 Å². The van der Waals surface area contributed by atoms with E-state index in [9.17, 15) is 5.26 Å². The van der Waals surface area contributed by atoms with Gasteiger partial charge in [0.2, 0.25) is 0 Å². The lowest BCUT2D eigenvalue weighted by molar-refractivity contribution is 1.06. The summed E-state index contributed by atoms with van der Waals surface area (Å²) >= 11 is 0. The van der Waals surface area contributed by atoms with Gasteiger partial charge in [-0.15, -0.1) is 0 Å². The van der Waals surface area contributed by atoms with Crippen molar-refractivity contribution in [2.24, 2.45) is 0 Å². The molecular formula is C58H36N6. The van der Waals surface area contributed by atoms with Gasteiger partial charge in [-0.2, -0.15) is 5.26 Å². The van der Waals surface area contributed by atoms with Gasteiger partial charge in [-0.1, -0.05) is 152 Å². The fourth-order valence-electron chi connectivity index (χ4n) is 9.30. The lowest BCUT2D eigenvalue weighted by Crippen LogP contribution is -2.04. The van der Waals surface area contributed by atoms with E-state index in [-0.39, 0.29) is 0 Å². The molecule has 0 unspecified atom stereocenters. The predicted molar refractivity (Wildman–Crippen MR) is 260 cm³/mol. The van der Waals surface area contributed by atoms with E-state index in [2.05, 4.69) is 155 Å². The normalized spacial score (nSPS) is 11.4. The largest absolute Gasteiger partial charge is 0.309 e. The number of fused-ring (bicyclic) bond motifs is 6. The molecule has 0 amide bonds. The van der Waals surface area contributed by atoms with Gasteiger partial charge in [0, 0.05) is 43.9 Å². The molecule has 3 aromatic heterocycles. The molecule has 0 saturated carbocycles. The average molecular weight is 817 g/mol. The van der Waals surface area contributed by atoms with Crippen LogP contribution in [0, 0.1) is 11.3 Å². The minimum Gasteiger partial charge on any atom is -0.309 e. The second kappa shape index (κ2) is 15.2. The Morgan fingerprint density at radius 1 is 0.344 bits per heavy atom. The summed E-state index contributed by atoms with van der Waals surface area (Å²) in [5.74, 6) is 1.76. The Labute approximate surface area is 369 Å². The van der Waals surface area contributed by atoms with Gasteiger partial charge < -0.3 is 9.13 Å². The van der Waals surface area contributed by atoms with Crippen molar-refractivity contribution in [1.29, 1.82) is 5.26 Å². The molecule has 12 rings (SSSR count). The van der Waals surface area contributed by atoms with Crippen LogP contribution in [0.25, 0.3) is 111 Å². The summed E-state index contributed by atoms with van der Waals surface area (Å²) in [6, 6.07) is 78.1. The van der Waals surface area contributed by atoms with E-state index >= 15 is 0 Å². The highest BCUT2D eigenvalue weighted by Crippen LogP contribution is 2.43. The molecule has 0 aliphatic carbocycles. The van der Waals surface area contributed by atoms with Crippen LogP contribution in [0.4, 0.5) is 0 Å². The van der Waals surface area contributed by atoms with Crippen molar-refractivity contribution < 1.29 is 0 Å². The number of aromatic nitrogens is 5. The molecule has 0 saturated heterocycles. The minimum atomic E-state index is 0.569. The quantitative estimate of drug-likeness (QED) is 0.161. The highest BCUT2D eigenvalue weighted by atomic mass is 15.1. The number of nitrogens with zero attached hydrogens (tertiary/aromatic N) is 6. The molecule has 0 radical (unpaired) electrons. The Morgan fingerprint density at radius 3 is 1.61 bits per heavy atom. The molecule has 6 heteroatoms. The molecule has 0 aliphatic heterocycles. The summed E-state index contributed by atoms with van der Waals surface area (Å²) in [4.78, 5) is 15.7. The Kier molecular flexibility index (Phi) is 8.77. The van der Waals surface area contributed by atoms with E-state index in [1.54, 1.807) is 0 Å². The molecule has 9 aromatic carbocycles. The lowest BCUT2D eigenvalue weighted by Gasteiger charge is -2.17. The second-order valence-corrected chi connectivity index (χ2v) is 15.9. The first-order valence-electron chi connectivity index (χ1n) is 21.3. The molecule has 0 fully saturated rings. The van der Waals surface area contributed by atoms with Crippen molar-refractivity contribution in [2.45, 2.75) is 0 Å². The average Bonchev–Trinajstić information content (AvgIpc) is 3.89. The van der Waals surface area contributed by atoms with Crippen molar-refractivity contribution in [1.82, 2.24) is 24.1 Å². The number of hydrogen-bond acceptors (Lipinski definition) is 4. The van der Waals surface area contributed by atoms with Gasteiger partial charge >= 0.3 is 0 Å². The van der Waals surface area contributed by atoms with Crippen molar-refractivity contribution in [3.8, 4) is 73.9 Å². The van der Waals surface area contributed by atoms with Crippen LogP contribution in [0.3, 0.4) is 0 Å². The first-order chi connectivity index (χ1) is 31.7. The third-order valence-electron chi connectivity index (χ3n) is 12.2. The monoisotopic (exact) mass is 816 g/mol. The zero-order chi connectivity index (χ0) is 42.6. The Hall–Kier alpha value is -8.92. The van der Waals surface area contributed by atoms with E-state index in [0.29, 0.717) is 23.0 Å². The molecular weight excluding hydrogens is 781 g/mol. The van der Waals surface area contributed by atoms with Gasteiger partial charge in [-0.25, -0.2) is 15.0 Å². The molecule has 6 nitrogen and oxygen atoms in total. The number of para-hydroxylation sites is 3. The van der Waals surface area contributed by atoms with Crippen LogP contribution in [0.15, 0.2) is 218 Å². The van der Waals surface area contributed by atoms with Gasteiger partial charge in [0.15, 0.2) is 17.5 Å². The van der Waals surface area contributed by atoms with Gasteiger partial charge in [0.1, 0.15) is 0 Å². The summed E-state index contributed by atoms with van der Waals surface area (Å²) < 4.78 is 4.70. The van der Waals surface area contributed by atoms with E-state index in [4.69, 9.17) is 15.0 Å². The van der Waals surface area contributed by atoms with Crippen LogP contribution in [0.2, 0.25) is 0 Å². The smallest absolute Gasteiger partial charge is 0.166 e. The first-order valence-corrected chi connectivity index (χ1v) is 21.3. The summed E-state index contributed by atoms with van der Waals surface area (Å²) in [6.07, 6.45) is 0. The second-order valence-electron chi connectivity index (χ2n) is 15.9. The van der Waals surface area contributed by atoms with Crippen LogP contribution in [0.5, 0.6) is 0 Å². The van der Waals surface area contributed by atoms with Crippen LogP contribution in [-0.2, 0) is 0 Å². The lowest BCUT2D eigenvalue weighted by atomic mass is 9.96. The topological polar surface area (TPSA) is 72.3 Å². The maximum absolute atomic E-state index is 9.71. The van der Waals surface area contributed by atoms with E-state index in [0.717, 1.165) is 83.2 Å². The van der Waals surface area contributed by atoms with Crippen LogP contribution >= 0.6 is 0 Å². The fourth-order valence-corrected chi connectivity index (χ4v) is 9.30. The summed E-state index contributed by atoms with van der Waals surface area (Å²) in [5.41, 5.74) is 14.0. The van der Waals surface area contributed by atoms with Crippen molar-refractivity contribution in [3.05, 3.63) is 224 Å². The summed E-state index contributed by atoms with van der Waals surface area (Å²) in [6.45, 7) is 0. The SMILES string of the molecule is N#Cc1cccc(-c2ccc3c(c2)c2ccccc2n3-c2ccc(-c3cccc4c3c3ccccc3n4-c3ccccc3)cc2-c2nc(-c3ccccc3)nc(-c3ccccc3)n2)c1. The number of benzene rings is 9. The number of nitriles is 1. The summed E-state index contributed by atoms with van der Waals surface area (Å²) in [5, 5.41) is 14.3. The van der Waals surface area contributed by atoms with Gasteiger partial charge in [-0.3, -0.25) is 0 Å². The third kappa shape index (κ3) is 6.14. The molecule has 64 heavy (non-hydrogen) atoms. The number of rotatable bonds is 7. The maximum atomic E-state index is 9.71. The highest BCUT2D eigenvalue weighted by Gasteiger charge is 2.22. The molecule has 3 heterocycles. The van der Waals surface area contributed by atoms with E-state index < -0.39 is 0 Å². The highest BCUT2D eigenvalue weighted by molar-refractivity contribution is 6.16. The van der Waals surface area contributed by atoms with Crippen LogP contribution in [-0.4, -0.2) is 24.1 Å². The maximum Gasteiger partial charge on any atom is 0.166 e. The zero-order valence-electron chi connectivity index (χ0n) is 34.5. The third-order valence-corrected chi connectivity index (χ3v) is 12.2. The van der Waals surface area contributed by atoms with Gasteiger partial charge in [-0.05, 0) is 89.0 Å². The van der Waals surface area contributed by atoms with E-state index in [1.165, 1.54) is 10.8 Å². The Bertz CT molecular complexity index is 3730. The van der Waals surface area contributed by atoms with Crippen molar-refractivity contribution in [2.75, 3.05) is 0 Å². The fraction of sp³-hybridized carbons (Fsp3) is 0. The molecule has 298 valence electrons. The van der Waals surface area contributed by atoms with Crippen molar-refractivity contribution in [3.63, 3.8) is 0 Å². The molecule has 0 aliphatic rings.